The Morgan fingerprint density at radius 3 is 1.86 bits per heavy atom. The van der Waals surface area contributed by atoms with Crippen LogP contribution in [-0.4, -0.2) is 70.7 Å². The van der Waals surface area contributed by atoms with E-state index in [2.05, 4.69) is 0 Å². The number of hydrogen-bond acceptors (Lipinski definition) is 12. The molecule has 64 heavy (non-hydrogen) atoms. The van der Waals surface area contributed by atoms with Crippen LogP contribution in [0.4, 0.5) is 29.2 Å². The summed E-state index contributed by atoms with van der Waals surface area (Å²) in [6.07, 6.45) is 2.48. The molecule has 2 saturated heterocycles. The molecule has 7 N–H and O–H groups in total. The zero-order valence-corrected chi connectivity index (χ0v) is 34.5. The van der Waals surface area contributed by atoms with Crippen molar-refractivity contribution in [2.45, 2.75) is 44.2 Å². The van der Waals surface area contributed by atoms with Crippen molar-refractivity contribution in [2.75, 3.05) is 43.1 Å². The quantitative estimate of drug-likeness (QED) is 0.0878. The summed E-state index contributed by atoms with van der Waals surface area (Å²) >= 11 is 0. The van der Waals surface area contributed by atoms with Gasteiger partial charge in [-0.2, -0.15) is 10.5 Å². The molecule has 2 aliphatic heterocycles. The molecule has 12 nitrogen and oxygen atoms in total. The summed E-state index contributed by atoms with van der Waals surface area (Å²) < 4.78 is 68.1. The number of rotatable bonds is 9. The Hall–Kier alpha value is -7.40. The molecule has 0 unspecified atom stereocenters. The van der Waals surface area contributed by atoms with Crippen molar-refractivity contribution in [1.29, 1.82) is 10.5 Å². The van der Waals surface area contributed by atoms with E-state index >= 15 is 13.2 Å². The normalized spacial score (nSPS) is 14.6. The van der Waals surface area contributed by atoms with Crippen LogP contribution in [0.15, 0.2) is 72.8 Å². The van der Waals surface area contributed by atoms with Crippen molar-refractivity contribution in [2.24, 2.45) is 11.5 Å². The SMILES string of the molecule is COc1ccc(Cc2c(O)cc(N3CCC(N)CC3)nc2-c2cc(F)c(C#N)c(-c3cc(-c4c(O)cc(N5CCC(N)CC5)nc4-c4ccc(C#N)c(F)c4)cc(O)c3F)c2)cc1F. The number of anilines is 2. The summed E-state index contributed by atoms with van der Waals surface area (Å²) in [6.45, 7) is 2.03. The summed E-state index contributed by atoms with van der Waals surface area (Å²) in [5, 5.41) is 54.4. The maximum Gasteiger partial charge on any atom is 0.172 e. The summed E-state index contributed by atoms with van der Waals surface area (Å²) in [7, 11) is 1.32. The predicted octanol–water partition coefficient (Wildman–Crippen LogP) is 8.02. The number of aromatic hydroxyl groups is 3. The fourth-order valence-electron chi connectivity index (χ4n) is 8.35. The Bertz CT molecular complexity index is 2880. The van der Waals surface area contributed by atoms with E-state index in [1.165, 1.54) is 55.6 Å². The van der Waals surface area contributed by atoms with Gasteiger partial charge in [0.15, 0.2) is 23.1 Å². The summed E-state index contributed by atoms with van der Waals surface area (Å²) in [6, 6.07) is 18.9. The minimum Gasteiger partial charge on any atom is -0.507 e. The van der Waals surface area contributed by atoms with Crippen LogP contribution in [0.3, 0.4) is 0 Å². The minimum absolute atomic E-state index is 0.000258. The van der Waals surface area contributed by atoms with E-state index < -0.39 is 40.1 Å². The van der Waals surface area contributed by atoms with Crippen molar-refractivity contribution in [3.05, 3.63) is 118 Å². The lowest BCUT2D eigenvalue weighted by molar-refractivity contribution is 0.386. The number of nitriles is 2. The first-order chi connectivity index (χ1) is 30.8. The first kappa shape index (κ1) is 43.3. The molecule has 0 bridgehead atoms. The van der Waals surface area contributed by atoms with E-state index in [1.807, 2.05) is 9.80 Å². The Balaban J connectivity index is 1.32. The van der Waals surface area contributed by atoms with Crippen LogP contribution in [-0.2, 0) is 6.42 Å². The van der Waals surface area contributed by atoms with Gasteiger partial charge >= 0.3 is 0 Å². The number of piperidine rings is 2. The number of halogens is 4. The molecule has 6 aromatic rings. The predicted molar refractivity (Wildman–Crippen MR) is 233 cm³/mol. The number of nitrogens with two attached hydrogens (primary N) is 2. The fourth-order valence-corrected chi connectivity index (χ4v) is 8.35. The van der Waals surface area contributed by atoms with Crippen molar-refractivity contribution < 1.29 is 37.6 Å². The molecular formula is C48H42F4N8O4. The van der Waals surface area contributed by atoms with E-state index in [9.17, 15) is 30.2 Å². The zero-order chi connectivity index (χ0) is 45.4. The van der Waals surface area contributed by atoms with Crippen molar-refractivity contribution >= 4 is 11.6 Å². The Morgan fingerprint density at radius 2 is 1.27 bits per heavy atom. The maximum absolute atomic E-state index is 16.5. The number of aromatic nitrogens is 2. The van der Waals surface area contributed by atoms with Crippen molar-refractivity contribution in [3.63, 3.8) is 0 Å². The van der Waals surface area contributed by atoms with Gasteiger partial charge in [0.05, 0.1) is 35.2 Å². The molecule has 0 aliphatic carbocycles. The molecule has 4 aromatic carbocycles. The van der Waals surface area contributed by atoms with E-state index in [0.717, 1.165) is 18.2 Å². The summed E-state index contributed by atoms with van der Waals surface area (Å²) in [5.41, 5.74) is 11.4. The summed E-state index contributed by atoms with van der Waals surface area (Å²) in [5.74, 6) is -4.72. The molecule has 2 aromatic heterocycles. The molecule has 326 valence electrons. The standard InChI is InChI=1S/C48H42F4N8O4/c1-64-42-5-2-25(15-38(42)51)14-34-39(61)21-43(59-10-6-30(55)7-11-59)57-47(34)29-17-32(35(24-54)37(50)19-29)33-16-28(20-41(63)46(33)52)45-40(62)22-44(60-12-8-31(56)9-13-60)58-48(45)26-3-4-27(23-53)36(49)18-26/h2-5,15-22,30-31,63H,6-14,55-56H2,1H3,(H,57,61)(H,58,62). The second kappa shape index (κ2) is 17.8. The first-order valence-corrected chi connectivity index (χ1v) is 20.5. The third-order valence-electron chi connectivity index (χ3n) is 11.9. The van der Waals surface area contributed by atoms with Crippen LogP contribution in [0, 0.1) is 45.9 Å². The summed E-state index contributed by atoms with van der Waals surface area (Å²) in [4.78, 5) is 13.5. The van der Waals surface area contributed by atoms with Gasteiger partial charge in [0.1, 0.15) is 46.9 Å². The molecule has 4 heterocycles. The fraction of sp³-hybridized carbons (Fsp3) is 0.250. The average molecular weight is 871 g/mol. The van der Waals surface area contributed by atoms with Gasteiger partial charge in [-0.05, 0) is 85.3 Å². The third kappa shape index (κ3) is 8.41. The highest BCUT2D eigenvalue weighted by atomic mass is 19.1. The van der Waals surface area contributed by atoms with Crippen LogP contribution < -0.4 is 26.0 Å². The molecule has 8 rings (SSSR count). The molecule has 0 spiro atoms. The van der Waals surface area contributed by atoms with Gasteiger partial charge in [-0.3, -0.25) is 0 Å². The monoisotopic (exact) mass is 870 g/mol. The highest BCUT2D eigenvalue weighted by molar-refractivity contribution is 5.90. The zero-order valence-electron chi connectivity index (χ0n) is 34.5. The van der Waals surface area contributed by atoms with Crippen LogP contribution in [0.5, 0.6) is 23.0 Å². The second-order valence-corrected chi connectivity index (χ2v) is 16.0. The van der Waals surface area contributed by atoms with Gasteiger partial charge in [-0.15, -0.1) is 0 Å². The van der Waals surface area contributed by atoms with E-state index in [1.54, 1.807) is 18.2 Å². The number of methoxy groups -OCH3 is 1. The van der Waals surface area contributed by atoms with Gasteiger partial charge in [0.2, 0.25) is 0 Å². The lowest BCUT2D eigenvalue weighted by Crippen LogP contribution is -2.40. The van der Waals surface area contributed by atoms with E-state index in [4.69, 9.17) is 26.2 Å². The molecule has 16 heteroatoms. The molecule has 2 fully saturated rings. The van der Waals surface area contributed by atoms with Crippen LogP contribution >= 0.6 is 0 Å². The highest BCUT2D eigenvalue weighted by Gasteiger charge is 2.28. The van der Waals surface area contributed by atoms with Gasteiger partial charge in [-0.25, -0.2) is 27.5 Å². The number of pyridine rings is 2. The third-order valence-corrected chi connectivity index (χ3v) is 11.9. The largest absolute Gasteiger partial charge is 0.507 e. The topological polar surface area (TPSA) is 202 Å². The molecule has 0 amide bonds. The van der Waals surface area contributed by atoms with Gasteiger partial charge in [0, 0.05) is 84.6 Å². The molecule has 0 saturated carbocycles. The van der Waals surface area contributed by atoms with Gasteiger partial charge in [-0.1, -0.05) is 12.1 Å². The number of ether oxygens (including phenoxy) is 1. The molecular weight excluding hydrogens is 829 g/mol. The Kier molecular flexibility index (Phi) is 12.0. The highest BCUT2D eigenvalue weighted by Crippen LogP contribution is 2.46. The maximum atomic E-state index is 16.5. The number of hydrogen-bond donors (Lipinski definition) is 5. The van der Waals surface area contributed by atoms with Gasteiger partial charge in [0.25, 0.3) is 0 Å². The average Bonchev–Trinajstić information content (AvgIpc) is 3.28. The van der Waals surface area contributed by atoms with E-state index in [0.29, 0.717) is 69.1 Å². The van der Waals surface area contributed by atoms with Crippen LogP contribution in [0.25, 0.3) is 44.8 Å². The van der Waals surface area contributed by atoms with Crippen molar-refractivity contribution in [1.82, 2.24) is 9.97 Å². The van der Waals surface area contributed by atoms with E-state index in [-0.39, 0.29) is 86.1 Å². The number of nitrogens with zero attached hydrogens (tertiary/aromatic N) is 6. The second-order valence-electron chi connectivity index (χ2n) is 16.0. The number of phenolic OH excluding ortho intramolecular Hbond substituents is 1. The van der Waals surface area contributed by atoms with Crippen LogP contribution in [0.1, 0.15) is 47.9 Å². The Morgan fingerprint density at radius 1 is 0.656 bits per heavy atom. The molecule has 2 aliphatic rings. The number of phenols is 1. The van der Waals surface area contributed by atoms with Crippen LogP contribution in [0.2, 0.25) is 0 Å². The molecule has 0 radical (unpaired) electrons. The minimum atomic E-state index is -1.24. The smallest absolute Gasteiger partial charge is 0.172 e. The van der Waals surface area contributed by atoms with Gasteiger partial charge < -0.3 is 41.3 Å². The lowest BCUT2D eigenvalue weighted by Gasteiger charge is -2.32. The van der Waals surface area contributed by atoms with Crippen molar-refractivity contribution in [3.8, 4) is 79.9 Å². The molecule has 0 atom stereocenters. The Labute approximate surface area is 365 Å². The lowest BCUT2D eigenvalue weighted by atomic mass is 9.90. The number of benzene rings is 4. The first-order valence-electron chi connectivity index (χ1n) is 20.5.